The fourth-order valence-electron chi connectivity index (χ4n) is 2.17. The molecule has 0 spiro atoms. The third-order valence-electron chi connectivity index (χ3n) is 3.46. The molecule has 7 nitrogen and oxygen atoms in total. The Hall–Kier alpha value is -3.09. The van der Waals surface area contributed by atoms with E-state index in [0.717, 1.165) is 5.75 Å². The van der Waals surface area contributed by atoms with Crippen LogP contribution in [-0.2, 0) is 0 Å². The summed E-state index contributed by atoms with van der Waals surface area (Å²) in [6.45, 7) is 2.12. The summed E-state index contributed by atoms with van der Waals surface area (Å²) in [6.07, 6.45) is 0. The number of ether oxygens (including phenoxy) is 2. The predicted octanol–water partition coefficient (Wildman–Crippen LogP) is 2.72. The zero-order valence-corrected chi connectivity index (χ0v) is 13.4. The molecule has 0 bridgehead atoms. The van der Waals surface area contributed by atoms with Gasteiger partial charge < -0.3 is 14.8 Å². The van der Waals surface area contributed by atoms with Gasteiger partial charge in [0.1, 0.15) is 18.1 Å². The lowest BCUT2D eigenvalue weighted by molar-refractivity contribution is -0.385. The molecule has 0 heterocycles. The summed E-state index contributed by atoms with van der Waals surface area (Å²) in [4.78, 5) is 22.5. The Labute approximate surface area is 139 Å². The fraction of sp³-hybridized carbons (Fsp3) is 0.235. The maximum atomic E-state index is 12.1. The number of nitrogens with one attached hydrogen (secondary N) is 1. The van der Waals surface area contributed by atoms with Crippen molar-refractivity contribution in [2.24, 2.45) is 0 Å². The number of carbonyl (C=O) groups is 1. The first-order valence-electron chi connectivity index (χ1n) is 7.32. The van der Waals surface area contributed by atoms with Gasteiger partial charge >= 0.3 is 0 Å². The van der Waals surface area contributed by atoms with Crippen molar-refractivity contribution in [1.82, 2.24) is 5.32 Å². The van der Waals surface area contributed by atoms with Gasteiger partial charge in [0, 0.05) is 17.2 Å². The van der Waals surface area contributed by atoms with E-state index < -0.39 is 4.92 Å². The molecule has 0 atom stereocenters. The molecule has 0 fully saturated rings. The van der Waals surface area contributed by atoms with Gasteiger partial charge in [-0.2, -0.15) is 0 Å². The Bertz CT molecular complexity index is 728. The Morgan fingerprint density at radius 1 is 1.17 bits per heavy atom. The third-order valence-corrected chi connectivity index (χ3v) is 3.46. The summed E-state index contributed by atoms with van der Waals surface area (Å²) < 4.78 is 10.6. The van der Waals surface area contributed by atoms with Crippen LogP contribution < -0.4 is 14.8 Å². The average molecular weight is 330 g/mol. The van der Waals surface area contributed by atoms with Crippen molar-refractivity contribution in [2.45, 2.75) is 6.92 Å². The normalized spacial score (nSPS) is 10.1. The Morgan fingerprint density at radius 3 is 2.46 bits per heavy atom. The van der Waals surface area contributed by atoms with E-state index in [-0.39, 0.29) is 30.3 Å². The van der Waals surface area contributed by atoms with Gasteiger partial charge in [-0.3, -0.25) is 14.9 Å². The molecule has 24 heavy (non-hydrogen) atoms. The van der Waals surface area contributed by atoms with Crippen LogP contribution in [0.5, 0.6) is 11.5 Å². The molecule has 0 aliphatic rings. The van der Waals surface area contributed by atoms with E-state index >= 15 is 0 Å². The smallest absolute Gasteiger partial charge is 0.273 e. The molecular weight excluding hydrogens is 312 g/mol. The molecule has 1 N–H and O–H groups in total. The van der Waals surface area contributed by atoms with Gasteiger partial charge in [-0.05, 0) is 37.3 Å². The second-order valence-corrected chi connectivity index (χ2v) is 4.99. The van der Waals surface area contributed by atoms with E-state index in [1.54, 1.807) is 44.4 Å². The number of carbonyl (C=O) groups excluding carboxylic acids is 1. The monoisotopic (exact) mass is 330 g/mol. The summed E-state index contributed by atoms with van der Waals surface area (Å²) in [6, 6.07) is 11.5. The molecule has 0 aromatic heterocycles. The second kappa shape index (κ2) is 7.96. The van der Waals surface area contributed by atoms with Crippen LogP contribution in [-0.4, -0.2) is 31.1 Å². The number of amides is 1. The van der Waals surface area contributed by atoms with E-state index in [1.807, 2.05) is 0 Å². The highest BCUT2D eigenvalue weighted by atomic mass is 16.6. The Balaban J connectivity index is 1.87. The van der Waals surface area contributed by atoms with Gasteiger partial charge in [-0.25, -0.2) is 0 Å². The maximum Gasteiger partial charge on any atom is 0.273 e. The topological polar surface area (TPSA) is 90.7 Å². The lowest BCUT2D eigenvalue weighted by Gasteiger charge is -2.09. The lowest BCUT2D eigenvalue weighted by atomic mass is 10.1. The van der Waals surface area contributed by atoms with Crippen LogP contribution in [0.1, 0.15) is 15.9 Å². The molecule has 0 saturated heterocycles. The highest BCUT2D eigenvalue weighted by molar-refractivity contribution is 5.96. The van der Waals surface area contributed by atoms with Crippen LogP contribution in [0.15, 0.2) is 42.5 Å². The summed E-state index contributed by atoms with van der Waals surface area (Å²) in [5.74, 6) is 1.03. The fourth-order valence-corrected chi connectivity index (χ4v) is 2.17. The molecule has 0 aliphatic carbocycles. The minimum atomic E-state index is -0.501. The maximum absolute atomic E-state index is 12.1. The number of hydrogen-bond donors (Lipinski definition) is 1. The van der Waals surface area contributed by atoms with Crippen molar-refractivity contribution in [3.05, 3.63) is 63.7 Å². The van der Waals surface area contributed by atoms with Crippen LogP contribution in [0.4, 0.5) is 5.69 Å². The molecule has 2 aromatic carbocycles. The predicted molar refractivity (Wildman–Crippen MR) is 88.7 cm³/mol. The van der Waals surface area contributed by atoms with Gasteiger partial charge in [0.25, 0.3) is 11.6 Å². The standard InChI is InChI=1S/C17H18N2O5/c1-12-15(4-3-5-16(12)19(21)22)17(20)18-10-11-24-14-8-6-13(23-2)7-9-14/h3-9H,10-11H2,1-2H3,(H,18,20). The van der Waals surface area contributed by atoms with E-state index in [4.69, 9.17) is 9.47 Å². The number of methoxy groups -OCH3 is 1. The first kappa shape index (κ1) is 17.3. The first-order valence-corrected chi connectivity index (χ1v) is 7.32. The zero-order valence-electron chi connectivity index (χ0n) is 13.4. The molecule has 1 amide bonds. The molecule has 0 saturated carbocycles. The van der Waals surface area contributed by atoms with Crippen molar-refractivity contribution in [2.75, 3.05) is 20.3 Å². The Kier molecular flexibility index (Phi) is 5.73. The quantitative estimate of drug-likeness (QED) is 0.479. The molecule has 2 rings (SSSR count). The van der Waals surface area contributed by atoms with Crippen LogP contribution in [0.25, 0.3) is 0 Å². The molecular formula is C17H18N2O5. The van der Waals surface area contributed by atoms with Crippen LogP contribution in [0.2, 0.25) is 0 Å². The van der Waals surface area contributed by atoms with Crippen LogP contribution >= 0.6 is 0 Å². The van der Waals surface area contributed by atoms with E-state index in [1.165, 1.54) is 12.1 Å². The molecule has 0 unspecified atom stereocenters. The molecule has 7 heteroatoms. The van der Waals surface area contributed by atoms with Gasteiger partial charge in [0.15, 0.2) is 0 Å². The van der Waals surface area contributed by atoms with Gasteiger partial charge in [0.2, 0.25) is 0 Å². The van der Waals surface area contributed by atoms with Crippen molar-refractivity contribution in [3.8, 4) is 11.5 Å². The van der Waals surface area contributed by atoms with E-state index in [9.17, 15) is 14.9 Å². The van der Waals surface area contributed by atoms with Crippen LogP contribution in [0, 0.1) is 17.0 Å². The molecule has 0 aliphatic heterocycles. The molecule has 0 radical (unpaired) electrons. The average Bonchev–Trinajstić information content (AvgIpc) is 2.59. The number of benzene rings is 2. The molecule has 2 aromatic rings. The highest BCUT2D eigenvalue weighted by Crippen LogP contribution is 2.21. The number of hydrogen-bond acceptors (Lipinski definition) is 5. The van der Waals surface area contributed by atoms with Gasteiger partial charge in [-0.15, -0.1) is 0 Å². The second-order valence-electron chi connectivity index (χ2n) is 4.99. The Morgan fingerprint density at radius 2 is 1.83 bits per heavy atom. The van der Waals surface area contributed by atoms with Gasteiger partial charge in [0.05, 0.1) is 18.6 Å². The highest BCUT2D eigenvalue weighted by Gasteiger charge is 2.17. The summed E-state index contributed by atoms with van der Waals surface area (Å²) >= 11 is 0. The lowest BCUT2D eigenvalue weighted by Crippen LogP contribution is -2.28. The largest absolute Gasteiger partial charge is 0.497 e. The van der Waals surface area contributed by atoms with Crippen molar-refractivity contribution < 1.29 is 19.2 Å². The summed E-state index contributed by atoms with van der Waals surface area (Å²) in [5.41, 5.74) is 0.557. The van der Waals surface area contributed by atoms with Crippen molar-refractivity contribution >= 4 is 11.6 Å². The zero-order chi connectivity index (χ0) is 17.5. The first-order chi connectivity index (χ1) is 11.5. The van der Waals surface area contributed by atoms with Gasteiger partial charge in [-0.1, -0.05) is 6.07 Å². The SMILES string of the molecule is COc1ccc(OCCNC(=O)c2cccc([N+](=O)[O-])c2C)cc1. The van der Waals surface area contributed by atoms with Crippen molar-refractivity contribution in [1.29, 1.82) is 0 Å². The van der Waals surface area contributed by atoms with Crippen LogP contribution in [0.3, 0.4) is 0 Å². The van der Waals surface area contributed by atoms with Crippen molar-refractivity contribution in [3.63, 3.8) is 0 Å². The number of nitro benzene ring substituents is 1. The summed E-state index contributed by atoms with van der Waals surface area (Å²) in [5, 5.41) is 13.6. The van der Waals surface area contributed by atoms with E-state index in [2.05, 4.69) is 5.32 Å². The number of nitro groups is 1. The number of nitrogens with zero attached hydrogens (tertiary/aromatic N) is 1. The molecule has 126 valence electrons. The number of rotatable bonds is 7. The minimum Gasteiger partial charge on any atom is -0.497 e. The summed E-state index contributed by atoms with van der Waals surface area (Å²) in [7, 11) is 1.58. The minimum absolute atomic E-state index is 0.0721. The van der Waals surface area contributed by atoms with E-state index in [0.29, 0.717) is 11.3 Å². The third kappa shape index (κ3) is 4.22.